The summed E-state index contributed by atoms with van der Waals surface area (Å²) in [6.45, 7) is 10.3. The molecule has 0 bridgehead atoms. The molecular weight excluding hydrogens is 432 g/mol. The Hall–Kier alpha value is -3.68. The lowest BCUT2D eigenvalue weighted by Crippen LogP contribution is -2.53. The zero-order valence-corrected chi connectivity index (χ0v) is 20.7. The SMILES string of the molecule is CC(C)(C)NC(=O)CN(C(=O)C(=O)N(CC(=O)NC(C)(C)C)c1ccccc1)c1ccccc1. The number of carbonyl (C=O) groups excluding carboxylic acids is 4. The molecule has 0 fully saturated rings. The number of rotatable bonds is 6. The molecule has 8 nitrogen and oxygen atoms in total. The third kappa shape index (κ3) is 8.35. The van der Waals surface area contributed by atoms with E-state index in [4.69, 9.17) is 0 Å². The largest absolute Gasteiger partial charge is 0.350 e. The number of hydrogen-bond acceptors (Lipinski definition) is 4. The standard InChI is InChI=1S/C26H34N4O4/c1-25(2,3)27-21(31)17-29(19-13-9-7-10-14-19)23(33)24(34)30(20-15-11-8-12-16-20)18-22(32)28-26(4,5)6/h7-16H,17-18H2,1-6H3,(H,27,31)(H,28,32). The van der Waals surface area contributed by atoms with E-state index in [0.29, 0.717) is 11.4 Å². The van der Waals surface area contributed by atoms with Gasteiger partial charge in [-0.3, -0.25) is 29.0 Å². The van der Waals surface area contributed by atoms with Crippen molar-refractivity contribution in [2.45, 2.75) is 52.6 Å². The summed E-state index contributed by atoms with van der Waals surface area (Å²) in [5, 5.41) is 5.62. The maximum atomic E-state index is 13.4. The van der Waals surface area contributed by atoms with Crippen LogP contribution in [0, 0.1) is 0 Å². The minimum atomic E-state index is -0.914. The predicted molar refractivity (Wildman–Crippen MR) is 133 cm³/mol. The van der Waals surface area contributed by atoms with Gasteiger partial charge in [0.2, 0.25) is 11.8 Å². The molecule has 0 unspecified atom stereocenters. The Labute approximate surface area is 201 Å². The molecule has 0 aliphatic carbocycles. The van der Waals surface area contributed by atoms with Crippen molar-refractivity contribution >= 4 is 35.0 Å². The van der Waals surface area contributed by atoms with Crippen LogP contribution in [0.15, 0.2) is 60.7 Å². The molecule has 4 amide bonds. The van der Waals surface area contributed by atoms with Crippen molar-refractivity contribution in [3.05, 3.63) is 60.7 Å². The van der Waals surface area contributed by atoms with E-state index in [0.717, 1.165) is 9.80 Å². The number of para-hydroxylation sites is 2. The van der Waals surface area contributed by atoms with Crippen molar-refractivity contribution in [3.63, 3.8) is 0 Å². The monoisotopic (exact) mass is 466 g/mol. The van der Waals surface area contributed by atoms with Gasteiger partial charge in [-0.1, -0.05) is 36.4 Å². The summed E-state index contributed by atoms with van der Waals surface area (Å²) in [6, 6.07) is 17.0. The van der Waals surface area contributed by atoms with Crippen molar-refractivity contribution in [2.75, 3.05) is 22.9 Å². The van der Waals surface area contributed by atoms with Crippen LogP contribution in [0.1, 0.15) is 41.5 Å². The molecule has 0 saturated heterocycles. The Morgan fingerprint density at radius 1 is 0.588 bits per heavy atom. The number of carbonyl (C=O) groups is 4. The molecule has 0 spiro atoms. The number of anilines is 2. The summed E-state index contributed by atoms with van der Waals surface area (Å²) >= 11 is 0. The molecule has 2 rings (SSSR count). The van der Waals surface area contributed by atoms with Gasteiger partial charge in [0, 0.05) is 22.5 Å². The molecule has 2 aromatic rings. The number of benzene rings is 2. The Morgan fingerprint density at radius 2 is 0.882 bits per heavy atom. The smallest absolute Gasteiger partial charge is 0.317 e. The molecule has 182 valence electrons. The van der Waals surface area contributed by atoms with E-state index < -0.39 is 34.7 Å². The van der Waals surface area contributed by atoms with Gasteiger partial charge in [-0.05, 0) is 65.8 Å². The lowest BCUT2D eigenvalue weighted by Gasteiger charge is -2.29. The van der Waals surface area contributed by atoms with Crippen LogP contribution in [-0.4, -0.2) is 47.8 Å². The van der Waals surface area contributed by atoms with Crippen LogP contribution in [0.3, 0.4) is 0 Å². The highest BCUT2D eigenvalue weighted by molar-refractivity contribution is 6.45. The minimum absolute atomic E-state index is 0.345. The second-order valence-electron chi connectivity index (χ2n) is 10.1. The Bertz CT molecular complexity index is 925. The predicted octanol–water partition coefficient (Wildman–Crippen LogP) is 2.88. The van der Waals surface area contributed by atoms with E-state index in [2.05, 4.69) is 10.6 Å². The van der Waals surface area contributed by atoms with Gasteiger partial charge in [0.05, 0.1) is 0 Å². The molecule has 0 radical (unpaired) electrons. The molecule has 0 atom stereocenters. The molecule has 34 heavy (non-hydrogen) atoms. The highest BCUT2D eigenvalue weighted by Crippen LogP contribution is 2.18. The molecule has 0 aromatic heterocycles. The van der Waals surface area contributed by atoms with Crippen LogP contribution in [0.5, 0.6) is 0 Å². The average molecular weight is 467 g/mol. The molecule has 2 N–H and O–H groups in total. The van der Waals surface area contributed by atoms with E-state index in [-0.39, 0.29) is 13.1 Å². The molecule has 0 heterocycles. The number of nitrogens with zero attached hydrogens (tertiary/aromatic N) is 2. The average Bonchev–Trinajstić information content (AvgIpc) is 2.73. The van der Waals surface area contributed by atoms with Crippen molar-refractivity contribution in [1.29, 1.82) is 0 Å². The molecular formula is C26H34N4O4. The van der Waals surface area contributed by atoms with Crippen molar-refractivity contribution in [1.82, 2.24) is 10.6 Å². The van der Waals surface area contributed by atoms with Gasteiger partial charge < -0.3 is 10.6 Å². The van der Waals surface area contributed by atoms with Gasteiger partial charge in [-0.2, -0.15) is 0 Å². The van der Waals surface area contributed by atoms with Gasteiger partial charge in [0.25, 0.3) is 0 Å². The summed E-state index contributed by atoms with van der Waals surface area (Å²) in [6.07, 6.45) is 0. The van der Waals surface area contributed by atoms with Gasteiger partial charge in [0.1, 0.15) is 13.1 Å². The first-order valence-electron chi connectivity index (χ1n) is 11.1. The van der Waals surface area contributed by atoms with E-state index in [1.807, 2.05) is 41.5 Å². The van der Waals surface area contributed by atoms with Crippen molar-refractivity contribution in [3.8, 4) is 0 Å². The number of nitrogens with one attached hydrogen (secondary N) is 2. The van der Waals surface area contributed by atoms with Crippen LogP contribution in [-0.2, 0) is 19.2 Å². The highest BCUT2D eigenvalue weighted by atomic mass is 16.2. The Morgan fingerprint density at radius 3 is 1.15 bits per heavy atom. The van der Waals surface area contributed by atoms with Crippen LogP contribution < -0.4 is 20.4 Å². The van der Waals surface area contributed by atoms with Crippen LogP contribution in [0.4, 0.5) is 11.4 Å². The third-order valence-corrected chi connectivity index (χ3v) is 4.44. The van der Waals surface area contributed by atoms with E-state index in [9.17, 15) is 19.2 Å². The fraction of sp³-hybridized carbons (Fsp3) is 0.385. The molecule has 8 heteroatoms. The highest BCUT2D eigenvalue weighted by Gasteiger charge is 2.32. The zero-order chi connectivity index (χ0) is 25.5. The van der Waals surface area contributed by atoms with Gasteiger partial charge >= 0.3 is 11.8 Å². The molecule has 0 aliphatic rings. The Balaban J connectivity index is 2.38. The van der Waals surface area contributed by atoms with Gasteiger partial charge in [0.15, 0.2) is 0 Å². The normalized spacial score (nSPS) is 11.4. The first-order chi connectivity index (χ1) is 15.8. The van der Waals surface area contributed by atoms with Gasteiger partial charge in [-0.25, -0.2) is 0 Å². The summed E-state index contributed by atoms with van der Waals surface area (Å²) in [5.74, 6) is -2.64. The minimum Gasteiger partial charge on any atom is -0.350 e. The van der Waals surface area contributed by atoms with E-state index in [1.54, 1.807) is 60.7 Å². The van der Waals surface area contributed by atoms with Crippen LogP contribution in [0.2, 0.25) is 0 Å². The van der Waals surface area contributed by atoms with Crippen LogP contribution >= 0.6 is 0 Å². The zero-order valence-electron chi connectivity index (χ0n) is 20.7. The molecule has 0 aliphatic heterocycles. The Kier molecular flexibility index (Phi) is 8.57. The first kappa shape index (κ1) is 26.6. The van der Waals surface area contributed by atoms with Crippen LogP contribution in [0.25, 0.3) is 0 Å². The topological polar surface area (TPSA) is 98.8 Å². The maximum Gasteiger partial charge on any atom is 0.317 e. The maximum absolute atomic E-state index is 13.4. The lowest BCUT2D eigenvalue weighted by atomic mass is 10.1. The second-order valence-corrected chi connectivity index (χ2v) is 10.1. The fourth-order valence-corrected chi connectivity index (χ4v) is 3.21. The first-order valence-corrected chi connectivity index (χ1v) is 11.1. The summed E-state index contributed by atoms with van der Waals surface area (Å²) in [4.78, 5) is 54.5. The quantitative estimate of drug-likeness (QED) is 0.640. The third-order valence-electron chi connectivity index (χ3n) is 4.44. The van der Waals surface area contributed by atoms with E-state index in [1.165, 1.54) is 0 Å². The summed E-state index contributed by atoms with van der Waals surface area (Å²) in [5.41, 5.74) is -0.213. The lowest BCUT2D eigenvalue weighted by molar-refractivity contribution is -0.137. The number of amides is 4. The fourth-order valence-electron chi connectivity index (χ4n) is 3.21. The van der Waals surface area contributed by atoms with Crippen molar-refractivity contribution in [2.24, 2.45) is 0 Å². The number of hydrogen-bond donors (Lipinski definition) is 2. The summed E-state index contributed by atoms with van der Waals surface area (Å²) in [7, 11) is 0. The summed E-state index contributed by atoms with van der Waals surface area (Å²) < 4.78 is 0. The van der Waals surface area contributed by atoms with E-state index >= 15 is 0 Å². The molecule has 2 aromatic carbocycles. The van der Waals surface area contributed by atoms with Gasteiger partial charge in [-0.15, -0.1) is 0 Å². The van der Waals surface area contributed by atoms with Crippen molar-refractivity contribution < 1.29 is 19.2 Å². The second kappa shape index (κ2) is 11.0. The molecule has 0 saturated carbocycles.